The van der Waals surface area contributed by atoms with Crippen molar-refractivity contribution in [3.8, 4) is 0 Å². The average molecular weight is 378 g/mol. The lowest BCUT2D eigenvalue weighted by Crippen LogP contribution is -2.25. The lowest BCUT2D eigenvalue weighted by molar-refractivity contribution is 0.0954. The Morgan fingerprint density at radius 1 is 1.47 bits per heavy atom. The van der Waals surface area contributed by atoms with Gasteiger partial charge in [0.2, 0.25) is 0 Å². The van der Waals surface area contributed by atoms with Crippen molar-refractivity contribution in [1.82, 2.24) is 10.3 Å². The van der Waals surface area contributed by atoms with Crippen LogP contribution in [0.2, 0.25) is 0 Å². The van der Waals surface area contributed by atoms with Gasteiger partial charge in [-0.3, -0.25) is 4.79 Å². The summed E-state index contributed by atoms with van der Waals surface area (Å²) in [5.41, 5.74) is 1.79. The third-order valence-corrected chi connectivity index (χ3v) is 4.94. The Morgan fingerprint density at radius 2 is 2.29 bits per heavy atom. The van der Waals surface area contributed by atoms with Crippen LogP contribution in [0.1, 0.15) is 21.1 Å². The van der Waals surface area contributed by atoms with Gasteiger partial charge in [0.25, 0.3) is 5.91 Å². The maximum absolute atomic E-state index is 11.7. The Morgan fingerprint density at radius 3 is 2.88 bits per heavy atom. The number of carbonyl (C=O) groups excluding carboxylic acids is 1. The molecule has 17 heavy (non-hydrogen) atoms. The number of thiazole rings is 1. The van der Waals surface area contributed by atoms with E-state index in [1.165, 1.54) is 0 Å². The molecule has 0 spiro atoms. The molecule has 0 saturated carbocycles. The van der Waals surface area contributed by atoms with Crippen molar-refractivity contribution in [3.63, 3.8) is 0 Å². The number of rotatable bonds is 4. The number of carbonyl (C=O) groups is 1. The number of aromatic nitrogens is 1. The number of nitrogens with zero attached hydrogens (tertiary/aromatic N) is 1. The molecule has 0 saturated heterocycles. The first-order valence-corrected chi connectivity index (χ1v) is 7.92. The number of halogens is 1. The average Bonchev–Trinajstić information content (AvgIpc) is 2.88. The maximum atomic E-state index is 11.7. The van der Waals surface area contributed by atoms with Gasteiger partial charge in [0.05, 0.1) is 13.5 Å². The largest absolute Gasteiger partial charge is 0.352 e. The van der Waals surface area contributed by atoms with Gasteiger partial charge in [-0.15, -0.1) is 22.7 Å². The summed E-state index contributed by atoms with van der Waals surface area (Å²) < 4.78 is 1.13. The first kappa shape index (κ1) is 13.0. The first-order valence-electron chi connectivity index (χ1n) is 5.08. The predicted octanol–water partition coefficient (Wildman–Crippen LogP) is 3.09. The minimum atomic E-state index is -0.00237. The highest BCUT2D eigenvalue weighted by molar-refractivity contribution is 14.1. The van der Waals surface area contributed by atoms with Crippen molar-refractivity contribution >= 4 is 51.2 Å². The summed E-state index contributed by atoms with van der Waals surface area (Å²) in [5, 5.41) is 7.88. The van der Waals surface area contributed by atoms with E-state index in [2.05, 4.69) is 32.9 Å². The Balaban J connectivity index is 1.81. The van der Waals surface area contributed by atoms with E-state index in [1.807, 2.05) is 23.8 Å². The number of nitrogens with one attached hydrogen (secondary N) is 1. The zero-order valence-corrected chi connectivity index (χ0v) is 13.0. The van der Waals surface area contributed by atoms with Crippen LogP contribution >= 0.6 is 45.3 Å². The number of amides is 1. The van der Waals surface area contributed by atoms with Crippen molar-refractivity contribution < 1.29 is 4.79 Å². The summed E-state index contributed by atoms with van der Waals surface area (Å²) in [5.74, 6) is -0.00237. The van der Waals surface area contributed by atoms with Crippen molar-refractivity contribution in [1.29, 1.82) is 0 Å². The molecule has 3 nitrogen and oxygen atoms in total. The molecule has 0 aliphatic rings. The molecule has 0 fully saturated rings. The predicted molar refractivity (Wildman–Crippen MR) is 79.9 cm³/mol. The van der Waals surface area contributed by atoms with E-state index in [-0.39, 0.29) is 5.91 Å². The molecule has 1 amide bonds. The molecule has 1 N–H and O–H groups in total. The van der Waals surface area contributed by atoms with E-state index in [0.29, 0.717) is 6.54 Å². The van der Waals surface area contributed by atoms with Gasteiger partial charge in [0, 0.05) is 29.4 Å². The Kier molecular flexibility index (Phi) is 4.52. The van der Waals surface area contributed by atoms with Gasteiger partial charge in [-0.2, -0.15) is 0 Å². The van der Waals surface area contributed by atoms with E-state index in [4.69, 9.17) is 0 Å². The molecule has 2 rings (SSSR count). The van der Waals surface area contributed by atoms with E-state index < -0.39 is 0 Å². The first-order chi connectivity index (χ1) is 8.15. The van der Waals surface area contributed by atoms with Crippen molar-refractivity contribution in [2.24, 2.45) is 0 Å². The summed E-state index contributed by atoms with van der Waals surface area (Å²) in [4.78, 5) is 16.1. The molecule has 2 heterocycles. The van der Waals surface area contributed by atoms with Crippen LogP contribution in [0.5, 0.6) is 0 Å². The highest BCUT2D eigenvalue weighted by atomic mass is 127. The highest BCUT2D eigenvalue weighted by Gasteiger charge is 2.07. The number of thiophene rings is 1. The lowest BCUT2D eigenvalue weighted by Gasteiger charge is -2.01. The minimum Gasteiger partial charge on any atom is -0.352 e. The van der Waals surface area contributed by atoms with E-state index in [0.717, 1.165) is 25.6 Å². The van der Waals surface area contributed by atoms with Crippen LogP contribution in [0.15, 0.2) is 16.8 Å². The second-order valence-corrected chi connectivity index (χ2v) is 7.28. The van der Waals surface area contributed by atoms with Crippen LogP contribution in [-0.4, -0.2) is 17.4 Å². The highest BCUT2D eigenvalue weighted by Crippen LogP contribution is 2.16. The van der Waals surface area contributed by atoms with E-state index >= 15 is 0 Å². The molecule has 90 valence electrons. The Bertz CT molecular complexity index is 521. The summed E-state index contributed by atoms with van der Waals surface area (Å²) in [6.07, 6.45) is 0.797. The molecule has 0 radical (unpaired) electrons. The molecule has 0 aliphatic carbocycles. The Hall–Kier alpha value is -0.470. The number of hydrogen-bond donors (Lipinski definition) is 1. The Labute approximate surface area is 121 Å². The fraction of sp³-hybridized carbons (Fsp3) is 0.273. The number of aryl methyl sites for hydroxylation is 1. The topological polar surface area (TPSA) is 42.0 Å². The van der Waals surface area contributed by atoms with Gasteiger partial charge in [-0.1, -0.05) is 0 Å². The molecule has 0 atom stereocenters. The normalized spacial score (nSPS) is 10.5. The van der Waals surface area contributed by atoms with Crippen LogP contribution in [0.3, 0.4) is 0 Å². The van der Waals surface area contributed by atoms with Crippen molar-refractivity contribution in [2.75, 3.05) is 6.54 Å². The van der Waals surface area contributed by atoms with Gasteiger partial charge in [-0.25, -0.2) is 4.98 Å². The monoisotopic (exact) mass is 378 g/mol. The third kappa shape index (κ3) is 3.75. The zero-order valence-electron chi connectivity index (χ0n) is 9.20. The molecule has 0 bridgehead atoms. The van der Waals surface area contributed by atoms with Gasteiger partial charge in [0.1, 0.15) is 0 Å². The minimum absolute atomic E-state index is 0.00237. The van der Waals surface area contributed by atoms with Gasteiger partial charge in [-0.05, 0) is 35.6 Å². The second kappa shape index (κ2) is 5.92. The fourth-order valence-electron chi connectivity index (χ4n) is 1.33. The molecule has 0 aliphatic heterocycles. The van der Waals surface area contributed by atoms with Crippen LogP contribution in [0, 0.1) is 9.81 Å². The summed E-state index contributed by atoms with van der Waals surface area (Å²) in [7, 11) is 0. The fourth-order valence-corrected chi connectivity index (χ4v) is 3.43. The van der Waals surface area contributed by atoms with Crippen LogP contribution in [0.25, 0.3) is 0 Å². The van der Waals surface area contributed by atoms with Crippen molar-refractivity contribution in [3.05, 3.63) is 36.0 Å². The van der Waals surface area contributed by atoms with Crippen molar-refractivity contribution in [2.45, 2.75) is 13.3 Å². The third-order valence-electron chi connectivity index (χ3n) is 2.12. The van der Waals surface area contributed by atoms with Crippen LogP contribution < -0.4 is 5.32 Å². The standard InChI is InChI=1S/C11H11IN2OS2/c1-7-5-17-10(14-7)2-3-13-11(15)8-4-9(12)16-6-8/h4-6H,2-3H2,1H3,(H,13,15). The van der Waals surface area contributed by atoms with Gasteiger partial charge < -0.3 is 5.32 Å². The summed E-state index contributed by atoms with van der Waals surface area (Å²) >= 11 is 5.43. The quantitative estimate of drug-likeness (QED) is 0.831. The van der Waals surface area contributed by atoms with Gasteiger partial charge >= 0.3 is 0 Å². The summed E-state index contributed by atoms with van der Waals surface area (Å²) in [6, 6.07) is 1.90. The SMILES string of the molecule is Cc1csc(CCNC(=O)c2csc(I)c2)n1. The molecule has 2 aromatic heterocycles. The second-order valence-electron chi connectivity index (χ2n) is 3.53. The van der Waals surface area contributed by atoms with E-state index in [9.17, 15) is 4.79 Å². The molecule has 6 heteroatoms. The molecule has 2 aromatic rings. The molecular weight excluding hydrogens is 367 g/mol. The number of hydrogen-bond acceptors (Lipinski definition) is 4. The smallest absolute Gasteiger partial charge is 0.252 e. The maximum Gasteiger partial charge on any atom is 0.252 e. The molecular formula is C11H11IN2OS2. The van der Waals surface area contributed by atoms with Gasteiger partial charge in [0.15, 0.2) is 0 Å². The molecule has 0 aromatic carbocycles. The molecule has 0 unspecified atom stereocenters. The van der Waals surface area contributed by atoms with E-state index in [1.54, 1.807) is 22.7 Å². The lowest BCUT2D eigenvalue weighted by atomic mass is 10.3. The van der Waals surface area contributed by atoms with Crippen LogP contribution in [-0.2, 0) is 6.42 Å². The summed E-state index contributed by atoms with van der Waals surface area (Å²) in [6.45, 7) is 2.62. The zero-order chi connectivity index (χ0) is 12.3. The van der Waals surface area contributed by atoms with Crippen LogP contribution in [0.4, 0.5) is 0 Å².